The molecule has 0 N–H and O–H groups in total. The molecular weight excluding hydrogens is 269 g/mol. The zero-order valence-electron chi connectivity index (χ0n) is 14.2. The van der Waals surface area contributed by atoms with Gasteiger partial charge in [-0.2, -0.15) is 0 Å². The van der Waals surface area contributed by atoms with Crippen molar-refractivity contribution in [2.45, 2.75) is 75.7 Å². The molecule has 0 saturated carbocycles. The molecule has 0 aromatic heterocycles. The van der Waals surface area contributed by atoms with E-state index in [4.69, 9.17) is 4.99 Å². The maximum Gasteiger partial charge on any atom is 0.196 e. The van der Waals surface area contributed by atoms with Crippen LogP contribution in [0.25, 0.3) is 0 Å². The smallest absolute Gasteiger partial charge is 0.196 e. The van der Waals surface area contributed by atoms with Crippen LogP contribution in [0, 0.1) is 0 Å². The van der Waals surface area contributed by atoms with Crippen LogP contribution >= 0.6 is 0 Å². The van der Waals surface area contributed by atoms with E-state index in [1.807, 2.05) is 0 Å². The van der Waals surface area contributed by atoms with Gasteiger partial charge in [-0.15, -0.1) is 0 Å². The topological polar surface area (TPSA) is 18.8 Å². The third-order valence-electron chi connectivity index (χ3n) is 6.74. The minimum Gasteiger partial charge on any atom is -0.343 e. The summed E-state index contributed by atoms with van der Waals surface area (Å²) in [5.74, 6) is 3.50. The summed E-state index contributed by atoms with van der Waals surface area (Å²) in [4.78, 5) is 9.95. The van der Waals surface area contributed by atoms with Crippen LogP contribution in [-0.4, -0.2) is 55.2 Å². The lowest BCUT2D eigenvalue weighted by molar-refractivity contribution is 0.244. The summed E-state index contributed by atoms with van der Waals surface area (Å²) in [5, 5.41) is 0. The summed E-state index contributed by atoms with van der Waals surface area (Å²) in [6.07, 6.45) is 14.6. The van der Waals surface area contributed by atoms with E-state index in [9.17, 15) is 0 Å². The van der Waals surface area contributed by atoms with Gasteiger partial charge in [-0.1, -0.05) is 56.5 Å². The average Bonchev–Trinajstić information content (AvgIpc) is 2.55. The van der Waals surface area contributed by atoms with Gasteiger partial charge in [0, 0.05) is 32.7 Å². The molecule has 0 aromatic rings. The van der Waals surface area contributed by atoms with Crippen LogP contribution in [0.3, 0.4) is 0 Å². The average molecular weight is 301 g/mol. The van der Waals surface area contributed by atoms with Crippen LogP contribution in [0.1, 0.15) is 57.8 Å². The van der Waals surface area contributed by atoms with Gasteiger partial charge in [0.2, 0.25) is 0 Å². The molecule has 22 heavy (non-hydrogen) atoms. The number of nitrogens with zero attached hydrogens (tertiary/aromatic N) is 3. The predicted molar refractivity (Wildman–Crippen MR) is 95.1 cm³/mol. The highest BCUT2D eigenvalue weighted by atomic mass is 15.4. The van der Waals surface area contributed by atoms with Gasteiger partial charge < -0.3 is 9.80 Å². The second kappa shape index (κ2) is 6.84. The number of aliphatic imine (C=N–C) groups is 1. The highest BCUT2D eigenvalue weighted by Crippen LogP contribution is 2.48. The Kier molecular flexibility index (Phi) is 4.63. The fourth-order valence-electron chi connectivity index (χ4n) is 5.72. The van der Waals surface area contributed by atoms with E-state index in [0.717, 1.165) is 24.9 Å². The molecule has 4 heteroatoms. The van der Waals surface area contributed by atoms with Crippen molar-refractivity contribution in [3.05, 3.63) is 0 Å². The summed E-state index contributed by atoms with van der Waals surface area (Å²) in [7, 11) is 0. The Morgan fingerprint density at radius 1 is 0.909 bits per heavy atom. The van der Waals surface area contributed by atoms with E-state index in [1.165, 1.54) is 96.2 Å². The summed E-state index contributed by atoms with van der Waals surface area (Å²) in [6.45, 7) is 7.09. The zero-order chi connectivity index (χ0) is 14.8. The Morgan fingerprint density at radius 3 is 2.41 bits per heavy atom. The van der Waals surface area contributed by atoms with Gasteiger partial charge in [0.05, 0.1) is 0 Å². The molecule has 4 aliphatic heterocycles. The minimum absolute atomic E-state index is 1.05. The summed E-state index contributed by atoms with van der Waals surface area (Å²) < 4.78 is 0. The fourth-order valence-corrected chi connectivity index (χ4v) is 5.72. The number of fused-ring (bicyclic) bond motifs is 3. The summed E-state index contributed by atoms with van der Waals surface area (Å²) >= 11 is 0. The summed E-state index contributed by atoms with van der Waals surface area (Å²) in [5.41, 5.74) is 0. The third-order valence-corrected chi connectivity index (χ3v) is 6.74. The molecule has 3 fully saturated rings. The lowest BCUT2D eigenvalue weighted by Gasteiger charge is -2.42. The Hall–Kier alpha value is -0.665. The van der Waals surface area contributed by atoms with Gasteiger partial charge in [0.15, 0.2) is 5.96 Å². The van der Waals surface area contributed by atoms with Crippen molar-refractivity contribution in [2.24, 2.45) is 4.99 Å². The molecule has 4 aliphatic rings. The highest BCUT2D eigenvalue weighted by molar-refractivity contribution is 6.62. The summed E-state index contributed by atoms with van der Waals surface area (Å²) in [6, 6.07) is 0. The molecule has 0 aliphatic carbocycles. The van der Waals surface area contributed by atoms with E-state index < -0.39 is 0 Å². The molecule has 0 radical (unpaired) electrons. The lowest BCUT2D eigenvalue weighted by atomic mass is 9.26. The molecule has 3 saturated heterocycles. The quantitative estimate of drug-likeness (QED) is 0.737. The molecule has 0 unspecified atom stereocenters. The molecule has 2 bridgehead atoms. The molecular formula is C18H32BN3. The van der Waals surface area contributed by atoms with Crippen molar-refractivity contribution in [1.82, 2.24) is 9.80 Å². The van der Waals surface area contributed by atoms with Crippen LogP contribution in [0.2, 0.25) is 18.0 Å². The zero-order valence-corrected chi connectivity index (χ0v) is 14.2. The first kappa shape index (κ1) is 14.9. The Bertz CT molecular complexity index is 389. The van der Waals surface area contributed by atoms with E-state index in [1.54, 1.807) is 0 Å². The molecule has 4 heterocycles. The Morgan fingerprint density at radius 2 is 1.64 bits per heavy atom. The Labute approximate surface area is 136 Å². The van der Waals surface area contributed by atoms with Gasteiger partial charge in [-0.3, -0.25) is 4.99 Å². The van der Waals surface area contributed by atoms with Gasteiger partial charge in [-0.05, 0) is 19.3 Å². The van der Waals surface area contributed by atoms with Crippen LogP contribution in [0.5, 0.6) is 0 Å². The van der Waals surface area contributed by atoms with E-state index in [-0.39, 0.29) is 0 Å². The standard InChI is InChI=1S/C18H32BN3/c1-6-16-8-2-9-17(7-1)19(16)10-3-12-21-14-5-15-22-13-4-11-20-18(21)22/h16-17H,1-15H2. The van der Waals surface area contributed by atoms with Crippen LogP contribution < -0.4 is 0 Å². The van der Waals surface area contributed by atoms with E-state index >= 15 is 0 Å². The second-order valence-corrected chi connectivity index (χ2v) is 8.05. The van der Waals surface area contributed by atoms with Crippen molar-refractivity contribution in [3.8, 4) is 0 Å². The molecule has 0 atom stereocenters. The molecule has 4 rings (SSSR count). The van der Waals surface area contributed by atoms with Gasteiger partial charge >= 0.3 is 0 Å². The maximum atomic E-state index is 4.82. The minimum atomic E-state index is 1.05. The van der Waals surface area contributed by atoms with Gasteiger partial charge in [0.25, 0.3) is 0 Å². The van der Waals surface area contributed by atoms with Crippen molar-refractivity contribution in [2.75, 3.05) is 32.7 Å². The number of hydrogen-bond acceptors (Lipinski definition) is 3. The first-order chi connectivity index (χ1) is 10.9. The van der Waals surface area contributed by atoms with Crippen LogP contribution in [-0.2, 0) is 0 Å². The van der Waals surface area contributed by atoms with Crippen molar-refractivity contribution >= 4 is 12.7 Å². The first-order valence-corrected chi connectivity index (χ1v) is 9.96. The SMILES string of the molecule is C1CC2CCCC(C1)B2CCCN1CCCN2CCCN=C21. The van der Waals surface area contributed by atoms with E-state index in [2.05, 4.69) is 9.80 Å². The van der Waals surface area contributed by atoms with Crippen LogP contribution in [0.4, 0.5) is 0 Å². The molecule has 122 valence electrons. The number of hydrogen-bond donors (Lipinski definition) is 0. The largest absolute Gasteiger partial charge is 0.343 e. The molecule has 0 aromatic carbocycles. The molecule has 3 nitrogen and oxygen atoms in total. The number of rotatable bonds is 4. The first-order valence-electron chi connectivity index (χ1n) is 9.96. The van der Waals surface area contributed by atoms with Crippen molar-refractivity contribution < 1.29 is 0 Å². The molecule has 0 amide bonds. The van der Waals surface area contributed by atoms with Gasteiger partial charge in [0.1, 0.15) is 6.71 Å². The maximum absolute atomic E-state index is 4.82. The van der Waals surface area contributed by atoms with Crippen LogP contribution in [0.15, 0.2) is 4.99 Å². The third kappa shape index (κ3) is 3.03. The Balaban J connectivity index is 1.30. The predicted octanol–water partition coefficient (Wildman–Crippen LogP) is 3.75. The second-order valence-electron chi connectivity index (χ2n) is 8.05. The monoisotopic (exact) mass is 301 g/mol. The lowest BCUT2D eigenvalue weighted by Crippen LogP contribution is -2.52. The van der Waals surface area contributed by atoms with Crippen molar-refractivity contribution in [1.29, 1.82) is 0 Å². The normalized spacial score (nSPS) is 31.8. The van der Waals surface area contributed by atoms with Gasteiger partial charge in [-0.25, -0.2) is 0 Å². The van der Waals surface area contributed by atoms with E-state index in [0.29, 0.717) is 0 Å². The van der Waals surface area contributed by atoms with Crippen molar-refractivity contribution in [3.63, 3.8) is 0 Å². The highest BCUT2D eigenvalue weighted by Gasteiger charge is 2.38. The number of guanidine groups is 1. The fraction of sp³-hybridized carbons (Fsp3) is 0.944. The molecule has 0 spiro atoms.